The fourth-order valence-electron chi connectivity index (χ4n) is 0.275. The molecule has 0 aliphatic carbocycles. The van der Waals surface area contributed by atoms with E-state index < -0.39 is 0 Å². The van der Waals surface area contributed by atoms with Crippen LogP contribution in [0.1, 0.15) is 6.92 Å². The van der Waals surface area contributed by atoms with Crippen LogP contribution in [0.5, 0.6) is 0 Å². The van der Waals surface area contributed by atoms with Crippen molar-refractivity contribution in [1.82, 2.24) is 0 Å². The van der Waals surface area contributed by atoms with Gasteiger partial charge in [0, 0.05) is 5.70 Å². The summed E-state index contributed by atoms with van der Waals surface area (Å²) in [5, 5.41) is 0. The van der Waals surface area contributed by atoms with E-state index in [1.54, 1.807) is 12.2 Å². The number of hydrogen-bond donors (Lipinski definition) is 1. The summed E-state index contributed by atoms with van der Waals surface area (Å²) in [5.74, 6) is 0. The van der Waals surface area contributed by atoms with Gasteiger partial charge < -0.3 is 5.73 Å². The second-order valence-electron chi connectivity index (χ2n) is 1.40. The lowest BCUT2D eigenvalue weighted by Gasteiger charge is -1.82. The summed E-state index contributed by atoms with van der Waals surface area (Å²) < 4.78 is 0. The minimum Gasteiger partial charge on any atom is -0.399 e. The summed E-state index contributed by atoms with van der Waals surface area (Å²) in [7, 11) is 0. The average molecular weight is 109 g/mol. The van der Waals surface area contributed by atoms with E-state index in [9.17, 15) is 0 Å². The van der Waals surface area contributed by atoms with E-state index >= 15 is 0 Å². The molecule has 0 aromatic carbocycles. The first-order valence-corrected chi connectivity index (χ1v) is 2.52. The van der Waals surface area contributed by atoms with Gasteiger partial charge in [0.15, 0.2) is 0 Å². The normalized spacial score (nSPS) is 12.4. The molecular weight excluding hydrogens is 98.1 g/mol. The van der Waals surface area contributed by atoms with Crippen LogP contribution in [0.15, 0.2) is 36.6 Å². The molecule has 1 heteroatoms. The highest BCUT2D eigenvalue weighted by atomic mass is 14.5. The lowest BCUT2D eigenvalue weighted by atomic mass is 10.4. The van der Waals surface area contributed by atoms with Gasteiger partial charge in [-0.15, -0.1) is 0 Å². The van der Waals surface area contributed by atoms with E-state index in [1.165, 1.54) is 0 Å². The minimum absolute atomic E-state index is 0.697. The van der Waals surface area contributed by atoms with E-state index in [0.29, 0.717) is 5.70 Å². The van der Waals surface area contributed by atoms with Crippen molar-refractivity contribution in [2.75, 3.05) is 0 Å². The number of allylic oxidation sites excluding steroid dienone is 4. The maximum Gasteiger partial charge on any atom is 0.0307 e. The van der Waals surface area contributed by atoms with E-state index in [1.807, 2.05) is 19.1 Å². The molecule has 44 valence electrons. The third-order valence-electron chi connectivity index (χ3n) is 0.717. The molecule has 0 aliphatic rings. The van der Waals surface area contributed by atoms with Crippen LogP contribution in [-0.2, 0) is 0 Å². The molecule has 0 aromatic rings. The molecule has 0 radical (unpaired) electrons. The Kier molecular flexibility index (Phi) is 3.67. The van der Waals surface area contributed by atoms with E-state index in [0.717, 1.165) is 0 Å². The molecule has 0 bridgehead atoms. The Morgan fingerprint density at radius 3 is 2.62 bits per heavy atom. The zero-order valence-corrected chi connectivity index (χ0v) is 5.09. The molecule has 0 fully saturated rings. The van der Waals surface area contributed by atoms with Crippen molar-refractivity contribution in [2.24, 2.45) is 5.73 Å². The summed E-state index contributed by atoms with van der Waals surface area (Å²) in [6.45, 7) is 5.42. The van der Waals surface area contributed by atoms with Crippen LogP contribution in [0.4, 0.5) is 0 Å². The van der Waals surface area contributed by atoms with Crippen molar-refractivity contribution in [3.63, 3.8) is 0 Å². The van der Waals surface area contributed by atoms with Gasteiger partial charge in [0.05, 0.1) is 0 Å². The molecule has 8 heavy (non-hydrogen) atoms. The minimum atomic E-state index is 0.697. The SMILES string of the molecule is C=C/C(N)=C\C=CC. The Labute approximate surface area is 50.2 Å². The Bertz CT molecular complexity index is 120. The van der Waals surface area contributed by atoms with Crippen molar-refractivity contribution in [2.45, 2.75) is 6.92 Å². The van der Waals surface area contributed by atoms with Gasteiger partial charge in [-0.05, 0) is 19.1 Å². The maximum atomic E-state index is 5.35. The zero-order valence-electron chi connectivity index (χ0n) is 5.09. The van der Waals surface area contributed by atoms with Crippen LogP contribution >= 0.6 is 0 Å². The van der Waals surface area contributed by atoms with Gasteiger partial charge in [0.1, 0.15) is 0 Å². The fourth-order valence-corrected chi connectivity index (χ4v) is 0.275. The van der Waals surface area contributed by atoms with Crippen molar-refractivity contribution >= 4 is 0 Å². The van der Waals surface area contributed by atoms with Crippen LogP contribution < -0.4 is 5.73 Å². The van der Waals surface area contributed by atoms with Gasteiger partial charge in [-0.3, -0.25) is 0 Å². The average Bonchev–Trinajstić information content (AvgIpc) is 1.83. The number of rotatable bonds is 2. The molecule has 0 saturated carbocycles. The molecule has 0 aliphatic heterocycles. The first kappa shape index (κ1) is 7.02. The fraction of sp³-hybridized carbons (Fsp3) is 0.143. The molecule has 0 unspecified atom stereocenters. The van der Waals surface area contributed by atoms with Gasteiger partial charge in [-0.2, -0.15) is 0 Å². The van der Waals surface area contributed by atoms with Crippen LogP contribution in [0.25, 0.3) is 0 Å². The molecule has 0 saturated heterocycles. The molecule has 0 rings (SSSR count). The van der Waals surface area contributed by atoms with Crippen LogP contribution in [0.3, 0.4) is 0 Å². The zero-order chi connectivity index (χ0) is 6.41. The van der Waals surface area contributed by atoms with E-state index in [4.69, 9.17) is 5.73 Å². The molecule has 0 atom stereocenters. The Hall–Kier alpha value is -0.980. The number of hydrogen-bond acceptors (Lipinski definition) is 1. The monoisotopic (exact) mass is 109 g/mol. The Morgan fingerprint density at radius 2 is 2.25 bits per heavy atom. The van der Waals surface area contributed by atoms with Crippen LogP contribution in [-0.4, -0.2) is 0 Å². The maximum absolute atomic E-state index is 5.35. The van der Waals surface area contributed by atoms with Crippen molar-refractivity contribution in [3.05, 3.63) is 36.6 Å². The summed E-state index contributed by atoms with van der Waals surface area (Å²) in [4.78, 5) is 0. The highest BCUT2D eigenvalue weighted by Gasteiger charge is 1.70. The van der Waals surface area contributed by atoms with Gasteiger partial charge in [0.25, 0.3) is 0 Å². The molecular formula is C7H11N. The first-order chi connectivity index (χ1) is 3.81. The second kappa shape index (κ2) is 4.19. The van der Waals surface area contributed by atoms with E-state index in [-0.39, 0.29) is 0 Å². The Morgan fingerprint density at radius 1 is 1.62 bits per heavy atom. The molecule has 0 amide bonds. The standard InChI is InChI=1S/C7H11N/c1-3-5-6-7(8)4-2/h3-6H,2,8H2,1H3/b5-3?,7-6+. The topological polar surface area (TPSA) is 26.0 Å². The van der Waals surface area contributed by atoms with Gasteiger partial charge in [-0.25, -0.2) is 0 Å². The summed E-state index contributed by atoms with van der Waals surface area (Å²) >= 11 is 0. The lowest BCUT2D eigenvalue weighted by molar-refractivity contribution is 1.43. The quantitative estimate of drug-likeness (QED) is 0.535. The van der Waals surface area contributed by atoms with Crippen molar-refractivity contribution in [1.29, 1.82) is 0 Å². The van der Waals surface area contributed by atoms with Gasteiger partial charge in [-0.1, -0.05) is 18.7 Å². The van der Waals surface area contributed by atoms with Crippen molar-refractivity contribution in [3.8, 4) is 0 Å². The van der Waals surface area contributed by atoms with Crippen molar-refractivity contribution < 1.29 is 0 Å². The summed E-state index contributed by atoms with van der Waals surface area (Å²) in [6.07, 6.45) is 7.19. The first-order valence-electron chi connectivity index (χ1n) is 2.52. The molecule has 0 spiro atoms. The third-order valence-corrected chi connectivity index (χ3v) is 0.717. The smallest absolute Gasteiger partial charge is 0.0307 e. The Balaban J connectivity index is 3.74. The second-order valence-corrected chi connectivity index (χ2v) is 1.40. The van der Waals surface area contributed by atoms with Gasteiger partial charge >= 0.3 is 0 Å². The number of nitrogens with two attached hydrogens (primary N) is 1. The van der Waals surface area contributed by atoms with E-state index in [2.05, 4.69) is 6.58 Å². The van der Waals surface area contributed by atoms with Crippen LogP contribution in [0.2, 0.25) is 0 Å². The molecule has 0 heterocycles. The highest BCUT2D eigenvalue weighted by Crippen LogP contribution is 1.83. The third kappa shape index (κ3) is 3.22. The van der Waals surface area contributed by atoms with Crippen LogP contribution in [0, 0.1) is 0 Å². The molecule has 1 nitrogen and oxygen atoms in total. The molecule has 0 aromatic heterocycles. The predicted octanol–water partition coefficient (Wildman–Crippen LogP) is 1.59. The predicted molar refractivity (Wildman–Crippen MR) is 37.3 cm³/mol. The van der Waals surface area contributed by atoms with Gasteiger partial charge in [0.2, 0.25) is 0 Å². The highest BCUT2D eigenvalue weighted by molar-refractivity contribution is 5.17. The summed E-state index contributed by atoms with van der Waals surface area (Å²) in [6, 6.07) is 0. The summed E-state index contributed by atoms with van der Waals surface area (Å²) in [5.41, 5.74) is 6.05. The lowest BCUT2D eigenvalue weighted by Crippen LogP contribution is -1.89. The molecule has 2 N–H and O–H groups in total. The largest absolute Gasteiger partial charge is 0.399 e.